The van der Waals surface area contributed by atoms with Gasteiger partial charge >= 0.3 is 0 Å². The summed E-state index contributed by atoms with van der Waals surface area (Å²) in [6.07, 6.45) is 5.99. The predicted octanol–water partition coefficient (Wildman–Crippen LogP) is 0.891. The average Bonchev–Trinajstić information content (AvgIpc) is 2.47. The predicted molar refractivity (Wildman–Crippen MR) is 45.7 cm³/mol. The zero-order valence-corrected chi connectivity index (χ0v) is 6.89. The lowest BCUT2D eigenvalue weighted by molar-refractivity contribution is -0.117. The van der Waals surface area contributed by atoms with Gasteiger partial charge in [0.05, 0.1) is 0 Å². The summed E-state index contributed by atoms with van der Waals surface area (Å²) in [5, 5.41) is 0. The van der Waals surface area contributed by atoms with Crippen LogP contribution >= 0.6 is 0 Å². The number of carbonyl (C=O) groups excluding carboxylic acids is 1. The Labute approximate surface area is 71.6 Å². The Morgan fingerprint density at radius 3 is 2.33 bits per heavy atom. The van der Waals surface area contributed by atoms with Gasteiger partial charge in [-0.1, -0.05) is 0 Å². The molecule has 3 heteroatoms. The molecule has 1 unspecified atom stereocenters. The van der Waals surface area contributed by atoms with E-state index in [2.05, 4.69) is 4.90 Å². The molecule has 2 rings (SSSR count). The Bertz CT molecular complexity index is 252. The Balaban J connectivity index is 2.12. The van der Waals surface area contributed by atoms with Crippen molar-refractivity contribution in [3.8, 4) is 0 Å². The maximum Gasteiger partial charge on any atom is 0.157 e. The lowest BCUT2D eigenvalue weighted by Gasteiger charge is -2.35. The van der Waals surface area contributed by atoms with Crippen molar-refractivity contribution in [1.29, 1.82) is 0 Å². The van der Waals surface area contributed by atoms with Crippen LogP contribution in [0.25, 0.3) is 0 Å². The molecule has 0 aliphatic carbocycles. The zero-order chi connectivity index (χ0) is 8.39. The minimum absolute atomic E-state index is 0.0752. The zero-order valence-electron chi connectivity index (χ0n) is 6.89. The van der Waals surface area contributed by atoms with Crippen LogP contribution in [0.5, 0.6) is 0 Å². The van der Waals surface area contributed by atoms with E-state index in [1.54, 1.807) is 0 Å². The Morgan fingerprint density at radius 2 is 1.92 bits per heavy atom. The molecule has 12 heavy (non-hydrogen) atoms. The van der Waals surface area contributed by atoms with Crippen LogP contribution < -0.4 is 0 Å². The first-order valence-electron chi connectivity index (χ1n) is 4.23. The molecule has 3 nitrogen and oxygen atoms in total. The number of hydrogen-bond acceptors (Lipinski definition) is 2. The van der Waals surface area contributed by atoms with Crippen LogP contribution in [0.15, 0.2) is 24.5 Å². The normalized spacial score (nSPS) is 20.0. The lowest BCUT2D eigenvalue weighted by Crippen LogP contribution is -2.43. The van der Waals surface area contributed by atoms with Gasteiger partial charge < -0.3 is 4.57 Å². The van der Waals surface area contributed by atoms with Gasteiger partial charge in [0.25, 0.3) is 0 Å². The number of aromatic nitrogens is 1. The summed E-state index contributed by atoms with van der Waals surface area (Å²) in [5.74, 6) is 0. The first kappa shape index (κ1) is 7.55. The van der Waals surface area contributed by atoms with Gasteiger partial charge in [-0.25, -0.2) is 0 Å². The molecule has 64 valence electrons. The lowest BCUT2D eigenvalue weighted by atomic mass is 10.2. The average molecular weight is 164 g/mol. The number of aldehydes is 1. The number of rotatable bonds is 3. The molecule has 0 N–H and O–H groups in total. The van der Waals surface area contributed by atoms with Gasteiger partial charge in [-0.05, 0) is 18.6 Å². The van der Waals surface area contributed by atoms with E-state index >= 15 is 0 Å². The van der Waals surface area contributed by atoms with Gasteiger partial charge in [-0.2, -0.15) is 0 Å². The molecule has 1 aromatic heterocycles. The molecule has 1 aliphatic heterocycles. The van der Waals surface area contributed by atoms with E-state index in [0.29, 0.717) is 0 Å². The highest BCUT2D eigenvalue weighted by molar-refractivity contribution is 5.55. The minimum Gasteiger partial charge on any atom is -0.332 e. The van der Waals surface area contributed by atoms with E-state index in [1.165, 1.54) is 6.42 Å². The topological polar surface area (TPSA) is 25.2 Å². The summed E-state index contributed by atoms with van der Waals surface area (Å²) in [4.78, 5) is 12.9. The molecular weight excluding hydrogens is 152 g/mol. The molecule has 1 atom stereocenters. The summed E-state index contributed by atoms with van der Waals surface area (Å²) in [7, 11) is 0. The molecule has 1 aromatic rings. The van der Waals surface area contributed by atoms with Gasteiger partial charge in [0, 0.05) is 25.5 Å². The van der Waals surface area contributed by atoms with Crippen molar-refractivity contribution >= 4 is 6.29 Å². The van der Waals surface area contributed by atoms with Crippen molar-refractivity contribution in [2.75, 3.05) is 13.1 Å². The van der Waals surface area contributed by atoms with Crippen molar-refractivity contribution in [1.82, 2.24) is 9.47 Å². The quantitative estimate of drug-likeness (QED) is 0.620. The van der Waals surface area contributed by atoms with Crippen molar-refractivity contribution in [2.45, 2.75) is 12.6 Å². The van der Waals surface area contributed by atoms with Crippen molar-refractivity contribution in [2.24, 2.45) is 0 Å². The first-order chi connectivity index (χ1) is 5.92. The minimum atomic E-state index is -0.0752. The summed E-state index contributed by atoms with van der Waals surface area (Å²) in [6.45, 7) is 2.09. The third kappa shape index (κ3) is 1.16. The molecular formula is C9H12N2O. The molecule has 1 fully saturated rings. The number of carbonyl (C=O) groups is 1. The van der Waals surface area contributed by atoms with Gasteiger partial charge in [0.15, 0.2) is 6.29 Å². The van der Waals surface area contributed by atoms with Crippen LogP contribution in [-0.2, 0) is 4.79 Å². The molecule has 0 aromatic carbocycles. The second-order valence-corrected chi connectivity index (χ2v) is 3.07. The fourth-order valence-electron chi connectivity index (χ4n) is 1.47. The molecule has 1 aliphatic rings. The van der Waals surface area contributed by atoms with Gasteiger partial charge in [-0.15, -0.1) is 0 Å². The van der Waals surface area contributed by atoms with Crippen LogP contribution in [0.4, 0.5) is 0 Å². The van der Waals surface area contributed by atoms with Crippen molar-refractivity contribution in [3.63, 3.8) is 0 Å². The summed E-state index contributed by atoms with van der Waals surface area (Å²) < 4.78 is 1.94. The summed E-state index contributed by atoms with van der Waals surface area (Å²) >= 11 is 0. The number of hydrogen-bond donors (Lipinski definition) is 0. The second-order valence-electron chi connectivity index (χ2n) is 3.07. The maximum atomic E-state index is 10.8. The summed E-state index contributed by atoms with van der Waals surface area (Å²) in [5.41, 5.74) is 0. The molecule has 0 saturated carbocycles. The molecule has 0 bridgehead atoms. The largest absolute Gasteiger partial charge is 0.332 e. The fraction of sp³-hybridized carbons (Fsp3) is 0.444. The Hall–Kier alpha value is -1.09. The Morgan fingerprint density at radius 1 is 1.25 bits per heavy atom. The van der Waals surface area contributed by atoms with E-state index in [0.717, 1.165) is 19.4 Å². The van der Waals surface area contributed by atoms with Gasteiger partial charge in [0.1, 0.15) is 6.17 Å². The highest BCUT2D eigenvalue weighted by Gasteiger charge is 2.23. The van der Waals surface area contributed by atoms with Crippen molar-refractivity contribution in [3.05, 3.63) is 24.5 Å². The fourth-order valence-corrected chi connectivity index (χ4v) is 1.47. The standard InChI is InChI=1S/C9H12N2O/c12-8-9(11-6-3-7-11)10-4-1-2-5-10/h1-2,4-5,8-9H,3,6-7H2. The summed E-state index contributed by atoms with van der Waals surface area (Å²) in [6, 6.07) is 3.88. The SMILES string of the molecule is O=CC(N1CCC1)n1cccc1. The van der Waals surface area contributed by atoms with Crippen molar-refractivity contribution < 1.29 is 4.79 Å². The molecule has 0 spiro atoms. The number of nitrogens with zero attached hydrogens (tertiary/aromatic N) is 2. The maximum absolute atomic E-state index is 10.8. The number of likely N-dealkylation sites (tertiary alicyclic amines) is 1. The molecule has 1 saturated heterocycles. The van der Waals surface area contributed by atoms with E-state index in [-0.39, 0.29) is 6.17 Å². The third-order valence-electron chi connectivity index (χ3n) is 2.32. The first-order valence-corrected chi connectivity index (χ1v) is 4.23. The highest BCUT2D eigenvalue weighted by atomic mass is 16.1. The van der Waals surface area contributed by atoms with E-state index < -0.39 is 0 Å². The van der Waals surface area contributed by atoms with E-state index in [1.807, 2.05) is 29.1 Å². The van der Waals surface area contributed by atoms with Crippen LogP contribution in [0.2, 0.25) is 0 Å². The highest BCUT2D eigenvalue weighted by Crippen LogP contribution is 2.17. The van der Waals surface area contributed by atoms with Crippen LogP contribution in [-0.4, -0.2) is 28.8 Å². The smallest absolute Gasteiger partial charge is 0.157 e. The third-order valence-corrected chi connectivity index (χ3v) is 2.32. The Kier molecular flexibility index (Phi) is 1.96. The molecule has 2 heterocycles. The molecule has 0 radical (unpaired) electrons. The van der Waals surface area contributed by atoms with Gasteiger partial charge in [-0.3, -0.25) is 9.69 Å². The van der Waals surface area contributed by atoms with Crippen LogP contribution in [0.1, 0.15) is 12.6 Å². The van der Waals surface area contributed by atoms with E-state index in [4.69, 9.17) is 0 Å². The second kappa shape index (κ2) is 3.11. The van der Waals surface area contributed by atoms with Gasteiger partial charge in [0.2, 0.25) is 0 Å². The van der Waals surface area contributed by atoms with Crippen LogP contribution in [0, 0.1) is 0 Å². The molecule has 0 amide bonds. The monoisotopic (exact) mass is 164 g/mol. The van der Waals surface area contributed by atoms with Crippen LogP contribution in [0.3, 0.4) is 0 Å². The van der Waals surface area contributed by atoms with E-state index in [9.17, 15) is 4.79 Å².